The average Bonchev–Trinajstić information content (AvgIpc) is 3.20. The van der Waals surface area contributed by atoms with Crippen LogP contribution < -0.4 is 20.1 Å². The molecule has 9 nitrogen and oxygen atoms in total. The number of fused-ring (bicyclic) bond motifs is 1. The zero-order chi connectivity index (χ0) is 22.2. The quantitative estimate of drug-likeness (QED) is 0.617. The molecule has 3 atom stereocenters. The molecule has 2 aliphatic rings. The van der Waals surface area contributed by atoms with Crippen LogP contribution in [0.3, 0.4) is 0 Å². The third-order valence-electron chi connectivity index (χ3n) is 5.30. The van der Waals surface area contributed by atoms with Gasteiger partial charge in [-0.3, -0.25) is 0 Å². The van der Waals surface area contributed by atoms with Gasteiger partial charge < -0.3 is 15.4 Å². The van der Waals surface area contributed by atoms with E-state index < -0.39 is 31.9 Å². The Morgan fingerprint density at radius 3 is 2.48 bits per heavy atom. The molecule has 4 rings (SSSR count). The Labute approximate surface area is 181 Å². The minimum atomic E-state index is -3.86. The number of carbonyl (C=O) groups is 1. The maximum absolute atomic E-state index is 12.5. The van der Waals surface area contributed by atoms with E-state index in [1.807, 2.05) is 31.2 Å². The Kier molecular flexibility index (Phi) is 5.67. The Hall–Kier alpha value is -2.63. The van der Waals surface area contributed by atoms with Crippen LogP contribution in [0.2, 0.25) is 0 Å². The zero-order valence-corrected chi connectivity index (χ0v) is 18.4. The van der Waals surface area contributed by atoms with Gasteiger partial charge in [-0.25, -0.2) is 26.4 Å². The van der Waals surface area contributed by atoms with Crippen molar-refractivity contribution in [2.45, 2.75) is 36.4 Å². The predicted molar refractivity (Wildman–Crippen MR) is 115 cm³/mol. The molecule has 11 heteroatoms. The minimum Gasteiger partial charge on any atom is -0.488 e. The van der Waals surface area contributed by atoms with Gasteiger partial charge in [0, 0.05) is 17.3 Å². The molecule has 2 aliphatic heterocycles. The number of hydrogen-bond acceptors (Lipinski definition) is 6. The Balaban J connectivity index is 1.38. The lowest BCUT2D eigenvalue weighted by atomic mass is 10.1. The number of hydrogen-bond donors (Lipinski definition) is 3. The average molecular weight is 466 g/mol. The van der Waals surface area contributed by atoms with E-state index in [-0.39, 0.29) is 35.0 Å². The van der Waals surface area contributed by atoms with Crippen LogP contribution in [0.4, 0.5) is 10.5 Å². The van der Waals surface area contributed by atoms with Gasteiger partial charge in [0.2, 0.25) is 10.0 Å². The molecule has 0 bridgehead atoms. The number of urea groups is 1. The van der Waals surface area contributed by atoms with Crippen LogP contribution in [0.25, 0.3) is 0 Å². The van der Waals surface area contributed by atoms with E-state index in [9.17, 15) is 21.6 Å². The van der Waals surface area contributed by atoms with Crippen LogP contribution in [0.1, 0.15) is 24.9 Å². The standard InChI is InChI=1S/C20H23N3O6S2/c1-13-19(17-4-2-3-5-18(17)29-13)22-20(24)21-14-6-8-16(9-7-14)31(27,28)23-15-10-11-30(25,26)12-15/h2-9,13,15,19,23H,10-12H2,1H3,(H2,21,22,24). The highest BCUT2D eigenvalue weighted by Gasteiger charge is 2.33. The lowest BCUT2D eigenvalue weighted by Crippen LogP contribution is -2.37. The number of amides is 2. The van der Waals surface area contributed by atoms with Crippen molar-refractivity contribution < 1.29 is 26.4 Å². The molecule has 1 saturated heterocycles. The summed E-state index contributed by atoms with van der Waals surface area (Å²) in [6.07, 6.45) is 0.0366. The van der Waals surface area contributed by atoms with Crippen LogP contribution in [-0.4, -0.2) is 46.5 Å². The Bertz CT molecular complexity index is 1200. The molecule has 0 aromatic heterocycles. The van der Waals surface area contributed by atoms with Crippen molar-refractivity contribution in [3.05, 3.63) is 54.1 Å². The molecule has 31 heavy (non-hydrogen) atoms. The maximum Gasteiger partial charge on any atom is 0.319 e. The third kappa shape index (κ3) is 4.83. The van der Waals surface area contributed by atoms with Crippen LogP contribution in [0, 0.1) is 0 Å². The first-order valence-corrected chi connectivity index (χ1v) is 13.1. The van der Waals surface area contributed by atoms with E-state index in [0.29, 0.717) is 5.69 Å². The van der Waals surface area contributed by atoms with Crippen molar-refractivity contribution >= 4 is 31.6 Å². The van der Waals surface area contributed by atoms with Crippen molar-refractivity contribution in [3.8, 4) is 5.75 Å². The largest absolute Gasteiger partial charge is 0.488 e. The van der Waals surface area contributed by atoms with E-state index in [2.05, 4.69) is 15.4 Å². The first-order chi connectivity index (χ1) is 14.6. The molecule has 2 aromatic rings. The first kappa shape index (κ1) is 21.6. The molecule has 166 valence electrons. The van der Waals surface area contributed by atoms with Gasteiger partial charge >= 0.3 is 6.03 Å². The molecular formula is C20H23N3O6S2. The number of para-hydroxylation sites is 1. The molecule has 2 aromatic carbocycles. The molecule has 3 N–H and O–H groups in total. The van der Waals surface area contributed by atoms with Gasteiger partial charge in [-0.1, -0.05) is 18.2 Å². The van der Waals surface area contributed by atoms with Crippen molar-refractivity contribution in [2.24, 2.45) is 0 Å². The molecule has 0 radical (unpaired) electrons. The smallest absolute Gasteiger partial charge is 0.319 e. The van der Waals surface area contributed by atoms with Crippen molar-refractivity contribution in [1.82, 2.24) is 10.0 Å². The summed E-state index contributed by atoms with van der Waals surface area (Å²) in [6.45, 7) is 1.87. The summed E-state index contributed by atoms with van der Waals surface area (Å²) in [5, 5.41) is 5.55. The second-order valence-electron chi connectivity index (χ2n) is 7.68. The first-order valence-electron chi connectivity index (χ1n) is 9.79. The van der Waals surface area contributed by atoms with Gasteiger partial charge in [-0.2, -0.15) is 0 Å². The fourth-order valence-corrected chi connectivity index (χ4v) is 6.81. The number of rotatable bonds is 5. The maximum atomic E-state index is 12.5. The van der Waals surface area contributed by atoms with Crippen molar-refractivity contribution in [2.75, 3.05) is 16.8 Å². The predicted octanol–water partition coefficient (Wildman–Crippen LogP) is 1.80. The second kappa shape index (κ2) is 8.13. The summed E-state index contributed by atoms with van der Waals surface area (Å²) < 4.78 is 56.2. The summed E-state index contributed by atoms with van der Waals surface area (Å²) in [5.74, 6) is 0.517. The fraction of sp³-hybridized carbons (Fsp3) is 0.350. The number of ether oxygens (including phenoxy) is 1. The number of sulfone groups is 1. The monoisotopic (exact) mass is 465 g/mol. The highest BCUT2D eigenvalue weighted by Crippen LogP contribution is 2.36. The third-order valence-corrected chi connectivity index (χ3v) is 8.60. The van der Waals surface area contributed by atoms with E-state index in [4.69, 9.17) is 4.74 Å². The fourth-order valence-electron chi connectivity index (χ4n) is 3.76. The number of sulfonamides is 1. The zero-order valence-electron chi connectivity index (χ0n) is 16.7. The lowest BCUT2D eigenvalue weighted by molar-refractivity contribution is 0.204. The van der Waals surface area contributed by atoms with E-state index >= 15 is 0 Å². The molecule has 2 heterocycles. The highest BCUT2D eigenvalue weighted by atomic mass is 32.2. The molecule has 0 spiro atoms. The summed E-state index contributed by atoms with van der Waals surface area (Å²) in [5.41, 5.74) is 1.31. The van der Waals surface area contributed by atoms with Gasteiger partial charge in [0.25, 0.3) is 0 Å². The minimum absolute atomic E-state index is 0.00509. The van der Waals surface area contributed by atoms with Crippen LogP contribution in [-0.2, 0) is 19.9 Å². The SMILES string of the molecule is CC1Oc2ccccc2C1NC(=O)Nc1ccc(S(=O)(=O)NC2CCS(=O)(=O)C2)cc1. The van der Waals surface area contributed by atoms with Gasteiger partial charge in [0.15, 0.2) is 9.84 Å². The van der Waals surface area contributed by atoms with Crippen LogP contribution in [0.5, 0.6) is 5.75 Å². The van der Waals surface area contributed by atoms with Crippen LogP contribution in [0.15, 0.2) is 53.4 Å². The number of anilines is 1. The normalized spacial score (nSPS) is 24.2. The molecule has 0 aliphatic carbocycles. The van der Waals surface area contributed by atoms with Crippen molar-refractivity contribution in [3.63, 3.8) is 0 Å². The number of nitrogens with one attached hydrogen (secondary N) is 3. The summed E-state index contributed by atoms with van der Waals surface area (Å²) in [7, 11) is -7.05. The molecular weight excluding hydrogens is 442 g/mol. The Morgan fingerprint density at radius 1 is 1.10 bits per heavy atom. The Morgan fingerprint density at radius 2 is 1.81 bits per heavy atom. The van der Waals surface area contributed by atoms with E-state index in [0.717, 1.165) is 11.3 Å². The topological polar surface area (TPSA) is 131 Å². The van der Waals surface area contributed by atoms with Gasteiger partial charge in [0.1, 0.15) is 11.9 Å². The molecule has 1 fully saturated rings. The van der Waals surface area contributed by atoms with Gasteiger partial charge in [-0.05, 0) is 43.7 Å². The second-order valence-corrected chi connectivity index (χ2v) is 11.6. The summed E-state index contributed by atoms with van der Waals surface area (Å²) in [6, 6.07) is 11.8. The van der Waals surface area contributed by atoms with E-state index in [1.165, 1.54) is 24.3 Å². The van der Waals surface area contributed by atoms with Gasteiger partial charge in [-0.15, -0.1) is 0 Å². The summed E-state index contributed by atoms with van der Waals surface area (Å²) >= 11 is 0. The van der Waals surface area contributed by atoms with Gasteiger partial charge in [0.05, 0.1) is 22.4 Å². The van der Waals surface area contributed by atoms with E-state index in [1.54, 1.807) is 0 Å². The molecule has 0 saturated carbocycles. The van der Waals surface area contributed by atoms with Crippen molar-refractivity contribution in [1.29, 1.82) is 0 Å². The van der Waals surface area contributed by atoms with Crippen LogP contribution >= 0.6 is 0 Å². The highest BCUT2D eigenvalue weighted by molar-refractivity contribution is 7.92. The lowest BCUT2D eigenvalue weighted by Gasteiger charge is -2.17. The number of benzene rings is 2. The molecule has 2 amide bonds. The molecule has 3 unspecified atom stereocenters. The number of carbonyl (C=O) groups excluding carboxylic acids is 1. The summed E-state index contributed by atoms with van der Waals surface area (Å²) in [4.78, 5) is 12.4.